The highest BCUT2D eigenvalue weighted by Crippen LogP contribution is 2.72. The molecule has 2 saturated carbocycles. The average Bonchev–Trinajstić information content (AvgIpc) is 2.60. The van der Waals surface area contributed by atoms with Crippen LogP contribution in [-0.4, -0.2) is 35.5 Å². The van der Waals surface area contributed by atoms with Gasteiger partial charge in [-0.25, -0.2) is 0 Å². The minimum atomic E-state index is -0.525. The maximum Gasteiger partial charge on any atom is 0.163 e. The van der Waals surface area contributed by atoms with Crippen LogP contribution in [0.2, 0.25) is 0 Å². The smallest absolute Gasteiger partial charge is 0.163 e. The zero-order valence-corrected chi connectivity index (χ0v) is 14.3. The number of carbonyl (C=O) groups is 1. The topological polar surface area (TPSA) is 44.8 Å². The van der Waals surface area contributed by atoms with Crippen molar-refractivity contribution in [1.82, 2.24) is 0 Å². The molecule has 0 N–H and O–H groups in total. The summed E-state index contributed by atoms with van der Waals surface area (Å²) in [6.45, 7) is 7.01. The fourth-order valence-corrected chi connectivity index (χ4v) is 6.47. The fraction of sp³-hybridized carbons (Fsp3) is 0.842. The Labute approximate surface area is 137 Å². The Morgan fingerprint density at radius 2 is 1.96 bits per heavy atom. The number of carbonyl (C=O) groups excluding carboxylic acids is 1. The Morgan fingerprint density at radius 1 is 1.13 bits per heavy atom. The molecule has 4 heteroatoms. The van der Waals surface area contributed by atoms with Crippen LogP contribution in [-0.2, 0) is 19.0 Å². The summed E-state index contributed by atoms with van der Waals surface area (Å²) >= 11 is 0. The van der Waals surface area contributed by atoms with E-state index in [2.05, 4.69) is 6.92 Å². The molecule has 0 aromatic carbocycles. The van der Waals surface area contributed by atoms with Gasteiger partial charge in [-0.2, -0.15) is 0 Å². The van der Waals surface area contributed by atoms with Crippen molar-refractivity contribution in [3.63, 3.8) is 0 Å². The van der Waals surface area contributed by atoms with E-state index >= 15 is 0 Å². The quantitative estimate of drug-likeness (QED) is 0.688. The first kappa shape index (κ1) is 14.6. The van der Waals surface area contributed by atoms with Crippen LogP contribution in [0.3, 0.4) is 0 Å². The number of rotatable bonds is 0. The second kappa shape index (κ2) is 4.09. The molecular formula is C19H26O4. The van der Waals surface area contributed by atoms with Gasteiger partial charge in [-0.3, -0.25) is 4.79 Å². The van der Waals surface area contributed by atoms with E-state index in [1.54, 1.807) is 0 Å². The summed E-state index contributed by atoms with van der Waals surface area (Å²) in [5, 5.41) is 0. The third kappa shape index (κ3) is 1.56. The molecule has 4 fully saturated rings. The Bertz CT molecular complexity index is 623. The van der Waals surface area contributed by atoms with Crippen molar-refractivity contribution in [2.24, 2.45) is 11.3 Å². The van der Waals surface area contributed by atoms with Crippen LogP contribution in [0.25, 0.3) is 0 Å². The largest absolute Gasteiger partial charge is 0.358 e. The molecule has 0 radical (unpaired) electrons. The number of allylic oxidation sites excluding steroid dienone is 1. The van der Waals surface area contributed by atoms with Crippen molar-refractivity contribution in [3.05, 3.63) is 11.6 Å². The van der Waals surface area contributed by atoms with Crippen molar-refractivity contribution < 1.29 is 19.0 Å². The molecular weight excluding hydrogens is 292 g/mol. The molecule has 2 aliphatic heterocycles. The van der Waals surface area contributed by atoms with Crippen LogP contribution < -0.4 is 0 Å². The highest BCUT2D eigenvalue weighted by molar-refractivity contribution is 5.92. The molecule has 3 aliphatic carbocycles. The van der Waals surface area contributed by atoms with Gasteiger partial charge in [0.2, 0.25) is 0 Å². The summed E-state index contributed by atoms with van der Waals surface area (Å²) in [5.41, 5.74) is 0.781. The van der Waals surface area contributed by atoms with E-state index in [1.165, 1.54) is 5.57 Å². The highest BCUT2D eigenvalue weighted by Gasteiger charge is 2.76. The third-order valence-corrected chi connectivity index (χ3v) is 7.47. The fourth-order valence-electron chi connectivity index (χ4n) is 6.47. The molecule has 0 aromatic heterocycles. The SMILES string of the molecule is CC1(C)OC[C@]23O[C@]45CCC(=O)C=C4CC[C@H]2[C@]5(C)CC[C@@H]3O1. The monoisotopic (exact) mass is 318 g/mol. The van der Waals surface area contributed by atoms with E-state index in [-0.39, 0.29) is 28.5 Å². The zero-order chi connectivity index (χ0) is 16.1. The molecule has 23 heavy (non-hydrogen) atoms. The van der Waals surface area contributed by atoms with Gasteiger partial charge < -0.3 is 14.2 Å². The van der Waals surface area contributed by atoms with Gasteiger partial charge in [0.15, 0.2) is 11.6 Å². The Hall–Kier alpha value is -0.710. The molecule has 2 heterocycles. The van der Waals surface area contributed by atoms with Crippen LogP contribution in [0.1, 0.15) is 59.3 Å². The standard InChI is InChI=1S/C19H26O4/c1-16(2)21-11-18-14-5-4-12-10-13(20)6-9-19(12,23-18)17(14,3)8-7-15(18)22-16/h10,14-15H,4-9,11H2,1-3H3/t14-,15-,17-,18-,19+/m0/s1. The van der Waals surface area contributed by atoms with E-state index in [1.807, 2.05) is 19.9 Å². The van der Waals surface area contributed by atoms with Crippen molar-refractivity contribution in [2.45, 2.75) is 82.4 Å². The van der Waals surface area contributed by atoms with Gasteiger partial charge in [-0.1, -0.05) is 6.92 Å². The maximum atomic E-state index is 12.0. The molecule has 4 nitrogen and oxygen atoms in total. The molecule has 5 atom stereocenters. The molecule has 0 aromatic rings. The number of ketones is 1. The number of hydrogen-bond donors (Lipinski definition) is 0. The van der Waals surface area contributed by atoms with Crippen molar-refractivity contribution in [2.75, 3.05) is 6.61 Å². The summed E-state index contributed by atoms with van der Waals surface area (Å²) < 4.78 is 19.4. The number of ether oxygens (including phenoxy) is 3. The van der Waals surface area contributed by atoms with Gasteiger partial charge in [0, 0.05) is 17.8 Å². The Morgan fingerprint density at radius 3 is 2.78 bits per heavy atom. The first-order chi connectivity index (χ1) is 10.8. The van der Waals surface area contributed by atoms with Gasteiger partial charge >= 0.3 is 0 Å². The van der Waals surface area contributed by atoms with E-state index in [9.17, 15) is 4.79 Å². The van der Waals surface area contributed by atoms with E-state index in [0.717, 1.165) is 32.1 Å². The summed E-state index contributed by atoms with van der Waals surface area (Å²) in [6.07, 6.45) is 7.67. The minimum absolute atomic E-state index is 0.112. The van der Waals surface area contributed by atoms with E-state index < -0.39 is 5.79 Å². The Kier molecular flexibility index (Phi) is 2.60. The van der Waals surface area contributed by atoms with Crippen LogP contribution in [0, 0.1) is 11.3 Å². The molecule has 0 unspecified atom stereocenters. The molecule has 5 aliphatic rings. The predicted molar refractivity (Wildman–Crippen MR) is 83.8 cm³/mol. The summed E-state index contributed by atoms with van der Waals surface area (Å²) in [6, 6.07) is 0. The van der Waals surface area contributed by atoms with Gasteiger partial charge in [-0.15, -0.1) is 0 Å². The number of hydrogen-bond acceptors (Lipinski definition) is 4. The normalized spacial score (nSPS) is 53.3. The molecule has 2 spiro atoms. The van der Waals surface area contributed by atoms with Crippen LogP contribution in [0.5, 0.6) is 0 Å². The van der Waals surface area contributed by atoms with Gasteiger partial charge in [0.05, 0.1) is 18.3 Å². The van der Waals surface area contributed by atoms with Crippen molar-refractivity contribution in [3.8, 4) is 0 Å². The van der Waals surface area contributed by atoms with E-state index in [0.29, 0.717) is 18.9 Å². The molecule has 4 bridgehead atoms. The second-order valence-corrected chi connectivity index (χ2v) is 8.86. The lowest BCUT2D eigenvalue weighted by Gasteiger charge is -2.56. The maximum absolute atomic E-state index is 12.0. The molecule has 126 valence electrons. The molecule has 5 rings (SSSR count). The van der Waals surface area contributed by atoms with Crippen LogP contribution >= 0.6 is 0 Å². The van der Waals surface area contributed by atoms with Gasteiger partial charge in [-0.05, 0) is 57.6 Å². The minimum Gasteiger partial charge on any atom is -0.358 e. The van der Waals surface area contributed by atoms with Crippen LogP contribution in [0.15, 0.2) is 11.6 Å². The predicted octanol–water partition coefficient (Wildman–Crippen LogP) is 3.15. The lowest BCUT2D eigenvalue weighted by atomic mass is 9.49. The lowest BCUT2D eigenvalue weighted by Crippen LogP contribution is -2.63. The van der Waals surface area contributed by atoms with Gasteiger partial charge in [0.25, 0.3) is 0 Å². The summed E-state index contributed by atoms with van der Waals surface area (Å²) in [5.74, 6) is 0.210. The summed E-state index contributed by atoms with van der Waals surface area (Å²) in [4.78, 5) is 12.0. The average molecular weight is 318 g/mol. The van der Waals surface area contributed by atoms with Crippen molar-refractivity contribution in [1.29, 1.82) is 0 Å². The second-order valence-electron chi connectivity index (χ2n) is 8.86. The highest BCUT2D eigenvalue weighted by atomic mass is 16.7. The lowest BCUT2D eigenvalue weighted by molar-refractivity contribution is -0.350. The molecule has 0 amide bonds. The van der Waals surface area contributed by atoms with Crippen molar-refractivity contribution >= 4 is 5.78 Å². The Balaban J connectivity index is 1.65. The van der Waals surface area contributed by atoms with Crippen LogP contribution in [0.4, 0.5) is 0 Å². The zero-order valence-electron chi connectivity index (χ0n) is 14.3. The summed E-state index contributed by atoms with van der Waals surface area (Å²) in [7, 11) is 0. The first-order valence-corrected chi connectivity index (χ1v) is 9.07. The third-order valence-electron chi connectivity index (χ3n) is 7.47. The van der Waals surface area contributed by atoms with Gasteiger partial charge in [0.1, 0.15) is 5.60 Å². The first-order valence-electron chi connectivity index (χ1n) is 9.07. The van der Waals surface area contributed by atoms with E-state index in [4.69, 9.17) is 14.2 Å². The molecule has 2 saturated heterocycles.